The van der Waals surface area contributed by atoms with E-state index < -0.39 is 5.91 Å². The van der Waals surface area contributed by atoms with Gasteiger partial charge in [0.05, 0.1) is 16.3 Å². The largest absolute Gasteiger partial charge is 0.399 e. The number of halogens is 1. The van der Waals surface area contributed by atoms with E-state index in [4.69, 9.17) is 28.2 Å². The molecule has 106 valence electrons. The number of primary amides is 1. The zero-order valence-electron chi connectivity index (χ0n) is 11.0. The van der Waals surface area contributed by atoms with Gasteiger partial charge < -0.3 is 21.5 Å². The second-order valence-corrected chi connectivity index (χ2v) is 4.88. The van der Waals surface area contributed by atoms with Crippen LogP contribution in [-0.4, -0.2) is 31.2 Å². The van der Waals surface area contributed by atoms with Crippen LogP contribution in [0.5, 0.6) is 0 Å². The van der Waals surface area contributed by atoms with Crippen LogP contribution in [0, 0.1) is 0 Å². The summed E-state index contributed by atoms with van der Waals surface area (Å²) in [6.45, 7) is 0.919. The summed E-state index contributed by atoms with van der Waals surface area (Å²) in [6, 6.07) is 3.14. The number of aliphatic hydroxyl groups is 1. The average Bonchev–Trinajstić information content (AvgIpc) is 2.33. The molecule has 0 fully saturated rings. The summed E-state index contributed by atoms with van der Waals surface area (Å²) < 4.78 is 0. The van der Waals surface area contributed by atoms with Crippen LogP contribution in [0.2, 0.25) is 5.02 Å². The Morgan fingerprint density at radius 3 is 2.63 bits per heavy atom. The molecule has 5 nitrogen and oxygen atoms in total. The molecule has 0 unspecified atom stereocenters. The number of nitrogen functional groups attached to an aromatic ring is 1. The van der Waals surface area contributed by atoms with Crippen LogP contribution < -0.4 is 16.4 Å². The van der Waals surface area contributed by atoms with Crippen molar-refractivity contribution in [2.75, 3.05) is 30.8 Å². The lowest BCUT2D eigenvalue weighted by molar-refractivity contribution is 0.100. The molecule has 1 amide bonds. The van der Waals surface area contributed by atoms with E-state index in [1.807, 2.05) is 11.9 Å². The Morgan fingerprint density at radius 2 is 2.05 bits per heavy atom. The number of carbonyl (C=O) groups is 1. The highest BCUT2D eigenvalue weighted by Crippen LogP contribution is 2.31. The lowest BCUT2D eigenvalue weighted by Gasteiger charge is -2.23. The van der Waals surface area contributed by atoms with Crippen molar-refractivity contribution >= 4 is 28.9 Å². The highest BCUT2D eigenvalue weighted by Gasteiger charge is 2.16. The van der Waals surface area contributed by atoms with Crippen molar-refractivity contribution in [1.29, 1.82) is 0 Å². The summed E-state index contributed by atoms with van der Waals surface area (Å²) in [5.41, 5.74) is 12.4. The van der Waals surface area contributed by atoms with Gasteiger partial charge >= 0.3 is 0 Å². The van der Waals surface area contributed by atoms with Crippen LogP contribution in [0.3, 0.4) is 0 Å². The van der Waals surface area contributed by atoms with Crippen molar-refractivity contribution in [2.24, 2.45) is 5.73 Å². The lowest BCUT2D eigenvalue weighted by atomic mass is 10.1. The number of unbranched alkanes of at least 4 members (excludes halogenated alkanes) is 2. The number of hydrogen-bond donors (Lipinski definition) is 3. The third-order valence-corrected chi connectivity index (χ3v) is 3.17. The van der Waals surface area contributed by atoms with E-state index in [-0.39, 0.29) is 6.61 Å². The number of aliphatic hydroxyl groups excluding tert-OH is 1. The fourth-order valence-corrected chi connectivity index (χ4v) is 2.32. The number of hydrogen-bond acceptors (Lipinski definition) is 4. The highest BCUT2D eigenvalue weighted by atomic mass is 35.5. The molecular formula is C13H20ClN3O2. The Kier molecular flexibility index (Phi) is 5.92. The first-order valence-electron chi connectivity index (χ1n) is 6.18. The van der Waals surface area contributed by atoms with Gasteiger partial charge in [-0.1, -0.05) is 11.6 Å². The minimum Gasteiger partial charge on any atom is -0.399 e. The molecule has 1 aromatic rings. The Balaban J connectivity index is 2.88. The van der Waals surface area contributed by atoms with Crippen molar-refractivity contribution < 1.29 is 9.90 Å². The van der Waals surface area contributed by atoms with Crippen LogP contribution in [0.1, 0.15) is 29.6 Å². The predicted octanol–water partition coefficient (Wildman–Crippen LogP) is 1.62. The second kappa shape index (κ2) is 7.21. The monoisotopic (exact) mass is 285 g/mol. The predicted molar refractivity (Wildman–Crippen MR) is 78.6 cm³/mol. The normalized spacial score (nSPS) is 10.5. The minimum atomic E-state index is -0.550. The number of anilines is 2. The Morgan fingerprint density at radius 1 is 1.37 bits per heavy atom. The number of rotatable bonds is 7. The molecule has 0 saturated carbocycles. The number of carbonyl (C=O) groups excluding carboxylic acids is 1. The van der Waals surface area contributed by atoms with Gasteiger partial charge in [-0.2, -0.15) is 0 Å². The lowest BCUT2D eigenvalue weighted by Crippen LogP contribution is -2.24. The van der Waals surface area contributed by atoms with Gasteiger partial charge in [-0.05, 0) is 31.4 Å². The van der Waals surface area contributed by atoms with Gasteiger partial charge in [0.1, 0.15) is 0 Å². The van der Waals surface area contributed by atoms with Crippen LogP contribution in [0.25, 0.3) is 0 Å². The third kappa shape index (κ3) is 4.29. The molecule has 1 aromatic carbocycles. The SMILES string of the molecule is CN(CCCCCO)c1c(Cl)cc(N)cc1C(N)=O. The van der Waals surface area contributed by atoms with Gasteiger partial charge in [0, 0.05) is 25.9 Å². The molecule has 0 aliphatic heterocycles. The molecule has 0 saturated heterocycles. The summed E-state index contributed by atoms with van der Waals surface area (Å²) in [4.78, 5) is 13.3. The molecular weight excluding hydrogens is 266 g/mol. The zero-order chi connectivity index (χ0) is 14.4. The van der Waals surface area contributed by atoms with Gasteiger partial charge in [-0.3, -0.25) is 4.79 Å². The van der Waals surface area contributed by atoms with E-state index in [9.17, 15) is 4.79 Å². The van der Waals surface area contributed by atoms with Gasteiger partial charge in [-0.25, -0.2) is 0 Å². The summed E-state index contributed by atoms with van der Waals surface area (Å²) >= 11 is 6.14. The third-order valence-electron chi connectivity index (χ3n) is 2.88. The maximum atomic E-state index is 11.5. The van der Waals surface area contributed by atoms with Crippen LogP contribution in [0.4, 0.5) is 11.4 Å². The van der Waals surface area contributed by atoms with Gasteiger partial charge in [-0.15, -0.1) is 0 Å². The van der Waals surface area contributed by atoms with Crippen LogP contribution in [-0.2, 0) is 0 Å². The fraction of sp³-hybridized carbons (Fsp3) is 0.462. The van der Waals surface area contributed by atoms with E-state index in [1.165, 1.54) is 6.07 Å². The number of amides is 1. The molecule has 0 spiro atoms. The number of benzene rings is 1. The van der Waals surface area contributed by atoms with Gasteiger partial charge in [0.2, 0.25) is 0 Å². The van der Waals surface area contributed by atoms with Crippen molar-refractivity contribution in [3.05, 3.63) is 22.7 Å². The molecule has 0 radical (unpaired) electrons. The van der Waals surface area contributed by atoms with Crippen LogP contribution in [0.15, 0.2) is 12.1 Å². The molecule has 0 heterocycles. The molecule has 0 aliphatic rings. The second-order valence-electron chi connectivity index (χ2n) is 4.47. The van der Waals surface area contributed by atoms with Crippen molar-refractivity contribution in [1.82, 2.24) is 0 Å². The van der Waals surface area contributed by atoms with E-state index in [0.717, 1.165) is 25.8 Å². The average molecular weight is 286 g/mol. The van der Waals surface area contributed by atoms with E-state index in [1.54, 1.807) is 6.07 Å². The zero-order valence-corrected chi connectivity index (χ0v) is 11.8. The molecule has 0 bridgehead atoms. The molecule has 6 heteroatoms. The topological polar surface area (TPSA) is 92.6 Å². The maximum absolute atomic E-state index is 11.5. The summed E-state index contributed by atoms with van der Waals surface area (Å²) in [5, 5.41) is 9.15. The van der Waals surface area contributed by atoms with Gasteiger partial charge in [0.15, 0.2) is 0 Å². The van der Waals surface area contributed by atoms with E-state index >= 15 is 0 Å². The Hall–Kier alpha value is -1.46. The summed E-state index contributed by atoms with van der Waals surface area (Å²) in [7, 11) is 1.85. The fourth-order valence-electron chi connectivity index (χ4n) is 1.95. The van der Waals surface area contributed by atoms with Crippen molar-refractivity contribution in [2.45, 2.75) is 19.3 Å². The van der Waals surface area contributed by atoms with Crippen molar-refractivity contribution in [3.63, 3.8) is 0 Å². The number of nitrogens with zero attached hydrogens (tertiary/aromatic N) is 1. The minimum absolute atomic E-state index is 0.193. The van der Waals surface area contributed by atoms with Gasteiger partial charge in [0.25, 0.3) is 5.91 Å². The number of nitrogens with two attached hydrogens (primary N) is 2. The smallest absolute Gasteiger partial charge is 0.250 e. The molecule has 19 heavy (non-hydrogen) atoms. The Bertz CT molecular complexity index is 452. The summed E-state index contributed by atoms with van der Waals surface area (Å²) in [5.74, 6) is -0.550. The molecule has 5 N–H and O–H groups in total. The van der Waals surface area contributed by atoms with E-state index in [0.29, 0.717) is 22.0 Å². The quantitative estimate of drug-likeness (QED) is 0.524. The highest BCUT2D eigenvalue weighted by molar-refractivity contribution is 6.34. The maximum Gasteiger partial charge on any atom is 0.250 e. The van der Waals surface area contributed by atoms with Crippen molar-refractivity contribution in [3.8, 4) is 0 Å². The molecule has 0 aromatic heterocycles. The summed E-state index contributed by atoms with van der Waals surface area (Å²) in [6.07, 6.45) is 2.58. The van der Waals surface area contributed by atoms with Crippen LogP contribution >= 0.6 is 11.6 Å². The first-order chi connectivity index (χ1) is 8.97. The molecule has 1 rings (SSSR count). The van der Waals surface area contributed by atoms with E-state index in [2.05, 4.69) is 0 Å². The molecule has 0 aliphatic carbocycles. The first-order valence-corrected chi connectivity index (χ1v) is 6.56. The molecule has 0 atom stereocenters. The Labute approximate surface area is 118 Å². The first kappa shape index (κ1) is 15.6. The standard InChI is InChI=1S/C13H20ClN3O2/c1-17(5-3-2-4-6-18)12-10(13(16)19)7-9(15)8-11(12)14/h7-8,18H,2-6,15H2,1H3,(H2,16,19).